The van der Waals surface area contributed by atoms with Crippen molar-refractivity contribution in [3.63, 3.8) is 0 Å². The Bertz CT molecular complexity index is 472. The zero-order valence-electron chi connectivity index (χ0n) is 10.1. The first-order chi connectivity index (χ1) is 8.05. The molecule has 0 saturated heterocycles. The third-order valence-electron chi connectivity index (χ3n) is 2.20. The van der Waals surface area contributed by atoms with Crippen LogP contribution in [0.2, 0.25) is 0 Å². The minimum absolute atomic E-state index is 0.211. The molecule has 0 aliphatic heterocycles. The Morgan fingerprint density at radius 2 is 2.06 bits per heavy atom. The standard InChI is InChI=1S/C11H18N2O3S/c1-3-13-17(14,15)10-5-6-11(16-4-2)9(7-10)8-12/h5-7,13H,3-4,8,12H2,1-2H3. The largest absolute Gasteiger partial charge is 0.494 e. The van der Waals surface area contributed by atoms with Crippen molar-refractivity contribution in [1.29, 1.82) is 0 Å². The number of rotatable bonds is 6. The van der Waals surface area contributed by atoms with Crippen molar-refractivity contribution in [3.05, 3.63) is 23.8 Å². The van der Waals surface area contributed by atoms with Crippen LogP contribution < -0.4 is 15.2 Å². The zero-order chi connectivity index (χ0) is 12.9. The summed E-state index contributed by atoms with van der Waals surface area (Å²) in [4.78, 5) is 0.211. The molecule has 1 aromatic rings. The second-order valence-corrected chi connectivity index (χ2v) is 5.17. The zero-order valence-corrected chi connectivity index (χ0v) is 10.9. The maximum Gasteiger partial charge on any atom is 0.240 e. The second-order valence-electron chi connectivity index (χ2n) is 3.41. The number of sulfonamides is 1. The highest BCUT2D eigenvalue weighted by Gasteiger charge is 2.14. The number of nitrogens with two attached hydrogens (primary N) is 1. The number of nitrogens with one attached hydrogen (secondary N) is 1. The van der Waals surface area contributed by atoms with Gasteiger partial charge in [0.05, 0.1) is 11.5 Å². The van der Waals surface area contributed by atoms with Gasteiger partial charge in [-0.2, -0.15) is 0 Å². The summed E-state index contributed by atoms with van der Waals surface area (Å²) >= 11 is 0. The van der Waals surface area contributed by atoms with E-state index >= 15 is 0 Å². The van der Waals surface area contributed by atoms with Gasteiger partial charge in [-0.3, -0.25) is 0 Å². The predicted octanol–water partition coefficient (Wildman–Crippen LogP) is 0.842. The number of hydrogen-bond donors (Lipinski definition) is 2. The van der Waals surface area contributed by atoms with Gasteiger partial charge in [-0.05, 0) is 25.1 Å². The van der Waals surface area contributed by atoms with Crippen LogP contribution in [-0.2, 0) is 16.6 Å². The minimum Gasteiger partial charge on any atom is -0.494 e. The molecule has 0 fully saturated rings. The lowest BCUT2D eigenvalue weighted by molar-refractivity contribution is 0.336. The van der Waals surface area contributed by atoms with E-state index in [-0.39, 0.29) is 11.4 Å². The van der Waals surface area contributed by atoms with Gasteiger partial charge < -0.3 is 10.5 Å². The molecule has 0 radical (unpaired) electrons. The highest BCUT2D eigenvalue weighted by atomic mass is 32.2. The molecule has 1 rings (SSSR count). The first-order valence-corrected chi connectivity index (χ1v) is 6.99. The highest BCUT2D eigenvalue weighted by molar-refractivity contribution is 7.89. The summed E-state index contributed by atoms with van der Waals surface area (Å²) in [6.07, 6.45) is 0. The van der Waals surface area contributed by atoms with Crippen LogP contribution in [0.25, 0.3) is 0 Å². The van der Waals surface area contributed by atoms with Gasteiger partial charge in [-0.25, -0.2) is 13.1 Å². The molecular formula is C11H18N2O3S. The number of hydrogen-bond acceptors (Lipinski definition) is 4. The average Bonchev–Trinajstić information content (AvgIpc) is 2.29. The summed E-state index contributed by atoms with van der Waals surface area (Å²) < 4.78 is 31.3. The van der Waals surface area contributed by atoms with E-state index in [4.69, 9.17) is 10.5 Å². The molecule has 0 unspecified atom stereocenters. The molecule has 5 nitrogen and oxygen atoms in total. The Balaban J connectivity index is 3.13. The molecule has 17 heavy (non-hydrogen) atoms. The fraction of sp³-hybridized carbons (Fsp3) is 0.455. The van der Waals surface area contributed by atoms with E-state index in [2.05, 4.69) is 4.72 Å². The molecule has 0 aliphatic carbocycles. The van der Waals surface area contributed by atoms with Crippen LogP contribution in [0, 0.1) is 0 Å². The lowest BCUT2D eigenvalue weighted by atomic mass is 10.2. The van der Waals surface area contributed by atoms with Gasteiger partial charge in [0.25, 0.3) is 0 Å². The Labute approximate surface area is 102 Å². The first kappa shape index (κ1) is 14.0. The van der Waals surface area contributed by atoms with Crippen molar-refractivity contribution in [2.75, 3.05) is 13.2 Å². The van der Waals surface area contributed by atoms with Crippen LogP contribution in [0.1, 0.15) is 19.4 Å². The normalized spacial score (nSPS) is 11.5. The van der Waals surface area contributed by atoms with E-state index in [0.29, 0.717) is 24.5 Å². The van der Waals surface area contributed by atoms with E-state index in [1.54, 1.807) is 19.1 Å². The molecule has 96 valence electrons. The Morgan fingerprint density at radius 3 is 2.59 bits per heavy atom. The van der Waals surface area contributed by atoms with Crippen molar-refractivity contribution < 1.29 is 13.2 Å². The van der Waals surface area contributed by atoms with Crippen molar-refractivity contribution in [2.24, 2.45) is 5.73 Å². The lowest BCUT2D eigenvalue weighted by Gasteiger charge is -2.11. The topological polar surface area (TPSA) is 81.4 Å². The molecule has 0 saturated carbocycles. The van der Waals surface area contributed by atoms with E-state index in [1.165, 1.54) is 6.07 Å². The molecule has 0 aliphatic rings. The second kappa shape index (κ2) is 6.00. The molecule has 6 heteroatoms. The van der Waals surface area contributed by atoms with Crippen LogP contribution >= 0.6 is 0 Å². The smallest absolute Gasteiger partial charge is 0.240 e. The Hall–Kier alpha value is -1.11. The summed E-state index contributed by atoms with van der Waals surface area (Å²) in [6.45, 7) is 4.71. The molecule has 0 spiro atoms. The van der Waals surface area contributed by atoms with E-state index in [1.807, 2.05) is 6.92 Å². The monoisotopic (exact) mass is 258 g/mol. The van der Waals surface area contributed by atoms with Crippen LogP contribution in [0.5, 0.6) is 5.75 Å². The van der Waals surface area contributed by atoms with E-state index < -0.39 is 10.0 Å². The van der Waals surface area contributed by atoms with Crippen molar-refractivity contribution in [3.8, 4) is 5.75 Å². The van der Waals surface area contributed by atoms with E-state index in [0.717, 1.165) is 0 Å². The summed E-state index contributed by atoms with van der Waals surface area (Å²) in [5.41, 5.74) is 6.26. The Morgan fingerprint density at radius 1 is 1.35 bits per heavy atom. The van der Waals surface area contributed by atoms with Crippen molar-refractivity contribution in [1.82, 2.24) is 4.72 Å². The minimum atomic E-state index is -3.44. The fourth-order valence-electron chi connectivity index (χ4n) is 1.45. The Kier molecular flexibility index (Phi) is 4.92. The lowest BCUT2D eigenvalue weighted by Crippen LogP contribution is -2.23. The quantitative estimate of drug-likeness (QED) is 0.792. The third-order valence-corrected chi connectivity index (χ3v) is 3.74. The summed E-state index contributed by atoms with van der Waals surface area (Å²) in [7, 11) is -3.44. The molecule has 0 amide bonds. The van der Waals surface area contributed by atoms with Gasteiger partial charge in [-0.15, -0.1) is 0 Å². The van der Waals surface area contributed by atoms with Crippen molar-refractivity contribution in [2.45, 2.75) is 25.3 Å². The van der Waals surface area contributed by atoms with Crippen molar-refractivity contribution >= 4 is 10.0 Å². The number of ether oxygens (including phenoxy) is 1. The first-order valence-electron chi connectivity index (χ1n) is 5.50. The third kappa shape index (κ3) is 3.42. The molecular weight excluding hydrogens is 240 g/mol. The molecule has 0 heterocycles. The summed E-state index contributed by atoms with van der Waals surface area (Å²) in [5, 5.41) is 0. The molecule has 0 atom stereocenters. The molecule has 3 N–H and O–H groups in total. The maximum absolute atomic E-state index is 11.8. The summed E-state index contributed by atoms with van der Waals surface area (Å²) in [5.74, 6) is 0.630. The average molecular weight is 258 g/mol. The number of benzene rings is 1. The van der Waals surface area contributed by atoms with Crippen LogP contribution in [-0.4, -0.2) is 21.6 Å². The summed E-state index contributed by atoms with van der Waals surface area (Å²) in [6, 6.07) is 4.70. The van der Waals surface area contributed by atoms with Gasteiger partial charge in [0.1, 0.15) is 5.75 Å². The van der Waals surface area contributed by atoms with E-state index in [9.17, 15) is 8.42 Å². The van der Waals surface area contributed by atoms with Crippen LogP contribution in [0.15, 0.2) is 23.1 Å². The molecule has 1 aromatic carbocycles. The fourth-order valence-corrected chi connectivity index (χ4v) is 2.54. The SMILES string of the molecule is CCNS(=O)(=O)c1ccc(OCC)c(CN)c1. The molecule has 0 aromatic heterocycles. The van der Waals surface area contributed by atoms with Crippen LogP contribution in [0.4, 0.5) is 0 Å². The highest BCUT2D eigenvalue weighted by Crippen LogP contribution is 2.22. The van der Waals surface area contributed by atoms with Gasteiger partial charge >= 0.3 is 0 Å². The van der Waals surface area contributed by atoms with Gasteiger partial charge in [-0.1, -0.05) is 6.92 Å². The molecule has 0 bridgehead atoms. The van der Waals surface area contributed by atoms with Gasteiger partial charge in [0.2, 0.25) is 10.0 Å². The van der Waals surface area contributed by atoms with Gasteiger partial charge in [0.15, 0.2) is 0 Å². The maximum atomic E-state index is 11.8. The van der Waals surface area contributed by atoms with Gasteiger partial charge in [0, 0.05) is 18.7 Å². The predicted molar refractivity (Wildman–Crippen MR) is 66.4 cm³/mol. The van der Waals surface area contributed by atoms with Crippen LogP contribution in [0.3, 0.4) is 0 Å².